The molecule has 0 unspecified atom stereocenters. The molecule has 0 aliphatic carbocycles. The number of hydrogen-bond acceptors (Lipinski definition) is 8. The second-order valence-electron chi connectivity index (χ2n) is 10.4. The van der Waals surface area contributed by atoms with Gasteiger partial charge in [0, 0.05) is 24.1 Å². The van der Waals surface area contributed by atoms with E-state index in [4.69, 9.17) is 25.4 Å². The summed E-state index contributed by atoms with van der Waals surface area (Å²) >= 11 is 0. The summed E-state index contributed by atoms with van der Waals surface area (Å²) in [7, 11) is 0. The van der Waals surface area contributed by atoms with Crippen LogP contribution in [-0.2, 0) is 13.0 Å². The third-order valence-corrected chi connectivity index (χ3v) is 6.91. The monoisotopic (exact) mass is 680 g/mol. The minimum atomic E-state index is -1.25. The Hall–Kier alpha value is -6.25. The van der Waals surface area contributed by atoms with Crippen LogP contribution in [0.25, 0.3) is 11.5 Å². The highest BCUT2D eigenvalue weighted by Gasteiger charge is 2.21. The zero-order valence-electron chi connectivity index (χ0n) is 26.0. The summed E-state index contributed by atoms with van der Waals surface area (Å²) in [5.41, 5.74) is 11.1. The Morgan fingerprint density at radius 1 is 0.837 bits per heavy atom. The van der Waals surface area contributed by atoms with Crippen LogP contribution in [-0.4, -0.2) is 28.3 Å². The molecule has 15 heteroatoms. The van der Waals surface area contributed by atoms with Crippen LogP contribution < -0.4 is 20.9 Å². The third kappa shape index (κ3) is 8.77. The Balaban J connectivity index is 0.000000226. The molecule has 0 fully saturated rings. The van der Waals surface area contributed by atoms with Crippen molar-refractivity contribution in [3.05, 3.63) is 140 Å². The fraction of sp³-hybridized carbons (Fsp3) is 0.147. The number of nitrogens with two attached hydrogens (primary N) is 2. The third-order valence-electron chi connectivity index (χ3n) is 6.91. The van der Waals surface area contributed by atoms with Crippen molar-refractivity contribution >= 4 is 17.5 Å². The van der Waals surface area contributed by atoms with Gasteiger partial charge in [0.05, 0.1) is 17.2 Å². The molecule has 4 N–H and O–H groups in total. The number of non-ortho nitro benzene ring substituents is 1. The van der Waals surface area contributed by atoms with Crippen LogP contribution in [0.3, 0.4) is 0 Å². The first-order valence-corrected chi connectivity index (χ1v) is 14.3. The molecule has 5 aromatic rings. The number of carbonyl (C=O) groups is 2. The predicted molar refractivity (Wildman–Crippen MR) is 168 cm³/mol. The fourth-order valence-electron chi connectivity index (χ4n) is 4.40. The van der Waals surface area contributed by atoms with Gasteiger partial charge >= 0.3 is 0 Å². The van der Waals surface area contributed by atoms with Gasteiger partial charge in [-0.05, 0) is 55.8 Å². The lowest BCUT2D eigenvalue weighted by molar-refractivity contribution is -0.384. The number of aryl methyl sites for hydroxylation is 2. The van der Waals surface area contributed by atoms with Crippen LogP contribution in [0, 0.1) is 47.2 Å². The first kappa shape index (κ1) is 35.6. The minimum absolute atomic E-state index is 0.0709. The van der Waals surface area contributed by atoms with Crippen molar-refractivity contribution < 1.29 is 46.0 Å². The van der Waals surface area contributed by atoms with Gasteiger partial charge in [0.1, 0.15) is 35.1 Å². The van der Waals surface area contributed by atoms with Gasteiger partial charge in [-0.1, -0.05) is 29.8 Å². The first-order valence-electron chi connectivity index (χ1n) is 14.3. The molecule has 2 amide bonds. The SMILES string of the molecule is Cc1ccc(-c2nc(CCOc3ccc(F)c(C(N)=O)c3F)c(C)o2)cc1.NC(=O)c1c(F)ccc(OCc2cccc([N+](=O)[O-])c2)c1F. The number of primary amides is 2. The van der Waals surface area contributed by atoms with Crippen molar-refractivity contribution in [2.75, 3.05) is 6.61 Å². The second-order valence-corrected chi connectivity index (χ2v) is 10.4. The van der Waals surface area contributed by atoms with E-state index in [0.717, 1.165) is 35.4 Å². The molecule has 1 heterocycles. The van der Waals surface area contributed by atoms with Crippen LogP contribution in [0.2, 0.25) is 0 Å². The maximum Gasteiger partial charge on any atom is 0.269 e. The van der Waals surface area contributed by atoms with Crippen LogP contribution in [0.4, 0.5) is 23.2 Å². The molecule has 0 saturated heterocycles. The topological polar surface area (TPSA) is 174 Å². The highest BCUT2D eigenvalue weighted by molar-refractivity contribution is 5.94. The Morgan fingerprint density at radius 3 is 1.96 bits per heavy atom. The van der Waals surface area contributed by atoms with Crippen molar-refractivity contribution in [2.45, 2.75) is 26.9 Å². The van der Waals surface area contributed by atoms with Gasteiger partial charge in [-0.3, -0.25) is 19.7 Å². The van der Waals surface area contributed by atoms with Crippen LogP contribution >= 0.6 is 0 Å². The number of hydrogen-bond donors (Lipinski definition) is 2. The van der Waals surface area contributed by atoms with Gasteiger partial charge in [-0.15, -0.1) is 0 Å². The molecular weight excluding hydrogens is 652 g/mol. The lowest BCUT2D eigenvalue weighted by Crippen LogP contribution is -2.16. The standard InChI is InChI=1S/C20H18F2N2O3.C14H10F2N2O4/c1-11-3-5-13(6-4-11)20-24-15(12(2)27-20)9-10-26-16-8-7-14(21)17(18(16)22)19(23)25;15-10-4-5-11(13(16)12(10)14(17)19)22-7-8-2-1-3-9(6-8)18(20)21/h3-8H,9-10H2,1-2H3,(H2,23,25);1-6H,7H2,(H2,17,19). The average Bonchev–Trinajstić information content (AvgIpc) is 3.42. The lowest BCUT2D eigenvalue weighted by atomic mass is 10.1. The van der Waals surface area contributed by atoms with E-state index in [9.17, 15) is 37.3 Å². The molecular formula is C34H28F4N4O7. The van der Waals surface area contributed by atoms with E-state index in [1.165, 1.54) is 18.2 Å². The van der Waals surface area contributed by atoms with Crippen molar-refractivity contribution in [1.29, 1.82) is 0 Å². The quantitative estimate of drug-likeness (QED) is 0.0902. The number of benzene rings is 4. The Bertz CT molecular complexity index is 2020. The molecule has 0 radical (unpaired) electrons. The average molecular weight is 681 g/mol. The molecule has 0 aliphatic rings. The van der Waals surface area contributed by atoms with Crippen LogP contribution in [0.1, 0.15) is 43.3 Å². The number of aromatic nitrogens is 1. The number of ether oxygens (including phenoxy) is 2. The molecule has 0 saturated carbocycles. The van der Waals surface area contributed by atoms with Gasteiger partial charge < -0.3 is 25.4 Å². The summed E-state index contributed by atoms with van der Waals surface area (Å²) in [4.78, 5) is 36.7. The molecule has 11 nitrogen and oxygen atoms in total. The number of carbonyl (C=O) groups excluding carboxylic acids is 2. The van der Waals surface area contributed by atoms with Gasteiger partial charge in [0.2, 0.25) is 5.89 Å². The number of amides is 2. The number of nitrogens with zero attached hydrogens (tertiary/aromatic N) is 2. The van der Waals surface area contributed by atoms with Gasteiger partial charge in [0.15, 0.2) is 23.1 Å². The van der Waals surface area contributed by atoms with Crippen LogP contribution in [0.5, 0.6) is 11.5 Å². The molecule has 1 aromatic heterocycles. The van der Waals surface area contributed by atoms with E-state index in [2.05, 4.69) is 4.98 Å². The molecule has 0 atom stereocenters. The van der Waals surface area contributed by atoms with Gasteiger partial charge in [0.25, 0.3) is 17.5 Å². The van der Waals surface area contributed by atoms with E-state index in [0.29, 0.717) is 29.3 Å². The van der Waals surface area contributed by atoms with E-state index >= 15 is 0 Å². The first-order chi connectivity index (χ1) is 23.3. The number of halogens is 4. The fourth-order valence-corrected chi connectivity index (χ4v) is 4.40. The van der Waals surface area contributed by atoms with Crippen molar-refractivity contribution in [3.63, 3.8) is 0 Å². The van der Waals surface area contributed by atoms with Crippen molar-refractivity contribution in [1.82, 2.24) is 4.98 Å². The Kier molecular flexibility index (Phi) is 11.3. The van der Waals surface area contributed by atoms with Crippen molar-refractivity contribution in [3.8, 4) is 23.0 Å². The minimum Gasteiger partial charge on any atom is -0.490 e. The Morgan fingerprint density at radius 2 is 1.41 bits per heavy atom. The number of rotatable bonds is 11. The summed E-state index contributed by atoms with van der Waals surface area (Å²) in [5.74, 6) is -6.38. The Labute approximate surface area is 276 Å². The maximum atomic E-state index is 14.1. The van der Waals surface area contributed by atoms with E-state index < -0.39 is 51.1 Å². The highest BCUT2D eigenvalue weighted by Crippen LogP contribution is 2.26. The smallest absolute Gasteiger partial charge is 0.269 e. The largest absolute Gasteiger partial charge is 0.490 e. The molecule has 4 aromatic carbocycles. The number of nitro groups is 1. The molecule has 0 spiro atoms. The van der Waals surface area contributed by atoms with E-state index in [-0.39, 0.29) is 30.4 Å². The van der Waals surface area contributed by atoms with E-state index in [1.54, 1.807) is 13.0 Å². The summed E-state index contributed by atoms with van der Waals surface area (Å²) in [6, 6.07) is 17.2. The predicted octanol–water partition coefficient (Wildman–Crippen LogP) is 6.51. The summed E-state index contributed by atoms with van der Waals surface area (Å²) in [6.07, 6.45) is 0.351. The number of nitro benzene ring substituents is 1. The zero-order chi connectivity index (χ0) is 35.8. The van der Waals surface area contributed by atoms with Gasteiger partial charge in [-0.2, -0.15) is 0 Å². The number of oxazole rings is 1. The molecule has 0 bridgehead atoms. The van der Waals surface area contributed by atoms with E-state index in [1.807, 2.05) is 31.2 Å². The maximum absolute atomic E-state index is 14.1. The summed E-state index contributed by atoms with van der Waals surface area (Å²) < 4.78 is 71.0. The summed E-state index contributed by atoms with van der Waals surface area (Å²) in [6.45, 7) is 3.65. The molecule has 49 heavy (non-hydrogen) atoms. The molecule has 254 valence electrons. The molecule has 0 aliphatic heterocycles. The second kappa shape index (κ2) is 15.6. The summed E-state index contributed by atoms with van der Waals surface area (Å²) in [5, 5.41) is 10.7. The van der Waals surface area contributed by atoms with Crippen molar-refractivity contribution in [2.24, 2.45) is 11.5 Å². The molecule has 5 rings (SSSR count). The highest BCUT2D eigenvalue weighted by atomic mass is 19.1. The normalized spacial score (nSPS) is 10.6. The lowest BCUT2D eigenvalue weighted by Gasteiger charge is -2.09. The van der Waals surface area contributed by atoms with Crippen LogP contribution in [0.15, 0.2) is 77.2 Å². The van der Waals surface area contributed by atoms with Gasteiger partial charge in [-0.25, -0.2) is 22.5 Å². The zero-order valence-corrected chi connectivity index (χ0v) is 26.0.